The van der Waals surface area contributed by atoms with E-state index >= 15 is 0 Å². The quantitative estimate of drug-likeness (QED) is 0.494. The molecule has 1 N–H and O–H groups in total. The van der Waals surface area contributed by atoms with Crippen molar-refractivity contribution in [3.63, 3.8) is 0 Å². The van der Waals surface area contributed by atoms with E-state index in [1.165, 1.54) is 7.11 Å². The molecule has 0 radical (unpaired) electrons. The van der Waals surface area contributed by atoms with E-state index in [1.807, 2.05) is 0 Å². The summed E-state index contributed by atoms with van der Waals surface area (Å²) in [6.07, 6.45) is -2.22. The number of ether oxygens (including phenoxy) is 2. The van der Waals surface area contributed by atoms with Crippen LogP contribution in [0.4, 0.5) is 0 Å². The van der Waals surface area contributed by atoms with Gasteiger partial charge in [0.2, 0.25) is 0 Å². The van der Waals surface area contributed by atoms with Gasteiger partial charge in [-0.3, -0.25) is 13.6 Å². The van der Waals surface area contributed by atoms with Gasteiger partial charge in [-0.2, -0.15) is 0 Å². The van der Waals surface area contributed by atoms with Gasteiger partial charge in [-0.15, -0.1) is 0 Å². The van der Waals surface area contributed by atoms with Crippen LogP contribution in [-0.2, 0) is 36.7 Å². The number of phosphoric acid groups is 1. The van der Waals surface area contributed by atoms with Crippen LogP contribution in [0, 0.1) is 5.92 Å². The number of methoxy groups -OCH3 is 1. The highest BCUT2D eigenvalue weighted by atomic mass is 31.2. The summed E-state index contributed by atoms with van der Waals surface area (Å²) in [7, 11) is -6.09. The normalized spacial score (nSPS) is 36.1. The molecule has 1 saturated carbocycles. The summed E-state index contributed by atoms with van der Waals surface area (Å²) >= 11 is 0. The first-order chi connectivity index (χ1) is 12.6. The standard InChI is InChI=1S/C16H32O9P2/c1-7-21-26(17,22-8-2)13-9-12(13)15-16(14(20-6)11(5)23-15)25-27(18,19)24-10(3)4/h10-16H,7-9H2,1-6H3,(H,18,19)/t11-,12?,13?,14?,15+,16+/m0/s1. The van der Waals surface area contributed by atoms with Crippen molar-refractivity contribution in [2.45, 2.75) is 77.2 Å². The van der Waals surface area contributed by atoms with Gasteiger partial charge in [-0.25, -0.2) is 4.57 Å². The van der Waals surface area contributed by atoms with Crippen molar-refractivity contribution in [3.8, 4) is 0 Å². The zero-order valence-corrected chi connectivity index (χ0v) is 18.6. The van der Waals surface area contributed by atoms with E-state index in [9.17, 15) is 14.0 Å². The monoisotopic (exact) mass is 430 g/mol. The molecule has 0 aromatic carbocycles. The molecule has 4 unspecified atom stereocenters. The fraction of sp³-hybridized carbons (Fsp3) is 1.00. The van der Waals surface area contributed by atoms with Crippen LogP contribution in [0.25, 0.3) is 0 Å². The van der Waals surface area contributed by atoms with E-state index in [0.29, 0.717) is 6.42 Å². The summed E-state index contributed by atoms with van der Waals surface area (Å²) in [5, 5.41) is 0. The second-order valence-electron chi connectivity index (χ2n) is 7.04. The van der Waals surface area contributed by atoms with Crippen LogP contribution in [-0.4, -0.2) is 61.4 Å². The van der Waals surface area contributed by atoms with Gasteiger partial charge in [0.25, 0.3) is 0 Å². The Morgan fingerprint density at radius 3 is 2.22 bits per heavy atom. The molecule has 0 bridgehead atoms. The third-order valence-electron chi connectivity index (χ3n) is 4.60. The minimum absolute atomic E-state index is 0.180. The third-order valence-corrected chi connectivity index (χ3v) is 8.44. The van der Waals surface area contributed by atoms with Crippen molar-refractivity contribution >= 4 is 15.4 Å². The maximum atomic E-state index is 13.0. The second kappa shape index (κ2) is 9.33. The lowest BCUT2D eigenvalue weighted by molar-refractivity contribution is -0.0131. The molecule has 11 heteroatoms. The highest BCUT2D eigenvalue weighted by Gasteiger charge is 2.62. The lowest BCUT2D eigenvalue weighted by atomic mass is 10.1. The van der Waals surface area contributed by atoms with Gasteiger partial charge in [0.05, 0.1) is 37.2 Å². The molecular formula is C16H32O9P2. The lowest BCUT2D eigenvalue weighted by Gasteiger charge is -2.26. The number of phosphoric ester groups is 1. The van der Waals surface area contributed by atoms with Gasteiger partial charge in [-0.05, 0) is 41.0 Å². The largest absolute Gasteiger partial charge is 0.472 e. The number of hydrogen-bond donors (Lipinski definition) is 1. The first-order valence-corrected chi connectivity index (χ1v) is 12.5. The van der Waals surface area contributed by atoms with Crippen molar-refractivity contribution in [1.82, 2.24) is 0 Å². The van der Waals surface area contributed by atoms with E-state index in [1.54, 1.807) is 34.6 Å². The third kappa shape index (κ3) is 5.62. The Hall–Kier alpha value is 0.180. The molecule has 1 aliphatic carbocycles. The minimum Gasteiger partial charge on any atom is -0.376 e. The van der Waals surface area contributed by atoms with Crippen LogP contribution < -0.4 is 0 Å². The Morgan fingerprint density at radius 1 is 1.15 bits per heavy atom. The van der Waals surface area contributed by atoms with Crippen molar-refractivity contribution in [1.29, 1.82) is 0 Å². The van der Waals surface area contributed by atoms with Gasteiger partial charge in [0.1, 0.15) is 12.2 Å². The molecule has 1 aliphatic heterocycles. The van der Waals surface area contributed by atoms with Crippen LogP contribution in [0.2, 0.25) is 0 Å². The average molecular weight is 430 g/mol. The molecule has 27 heavy (non-hydrogen) atoms. The zero-order valence-electron chi connectivity index (χ0n) is 16.8. The molecule has 9 nitrogen and oxygen atoms in total. The van der Waals surface area contributed by atoms with Crippen molar-refractivity contribution in [2.24, 2.45) is 5.92 Å². The lowest BCUT2D eigenvalue weighted by Crippen LogP contribution is -2.37. The Kier molecular flexibility index (Phi) is 8.11. The highest BCUT2D eigenvalue weighted by molar-refractivity contribution is 7.55. The molecule has 1 heterocycles. The predicted octanol–water partition coefficient (Wildman–Crippen LogP) is 3.35. The zero-order chi connectivity index (χ0) is 20.4. The molecule has 2 rings (SSSR count). The van der Waals surface area contributed by atoms with Crippen LogP contribution in [0.1, 0.15) is 41.0 Å². The van der Waals surface area contributed by atoms with Gasteiger partial charge in [-0.1, -0.05) is 0 Å². The van der Waals surface area contributed by atoms with Crippen molar-refractivity contribution in [2.75, 3.05) is 20.3 Å². The fourth-order valence-electron chi connectivity index (χ4n) is 3.60. The molecule has 0 amide bonds. The van der Waals surface area contributed by atoms with Gasteiger partial charge in [0, 0.05) is 13.0 Å². The van der Waals surface area contributed by atoms with Crippen LogP contribution in [0.15, 0.2) is 0 Å². The summed E-state index contributed by atoms with van der Waals surface area (Å²) in [4.78, 5) is 10.1. The van der Waals surface area contributed by atoms with E-state index in [0.717, 1.165) is 0 Å². The Labute approximate surface area is 161 Å². The number of rotatable bonds is 11. The van der Waals surface area contributed by atoms with Crippen LogP contribution in [0.3, 0.4) is 0 Å². The molecule has 1 saturated heterocycles. The maximum Gasteiger partial charge on any atom is 0.472 e. The summed E-state index contributed by atoms with van der Waals surface area (Å²) in [6, 6.07) is 0. The molecule has 0 spiro atoms. The van der Waals surface area contributed by atoms with Crippen LogP contribution >= 0.6 is 15.4 Å². The smallest absolute Gasteiger partial charge is 0.376 e. The minimum atomic E-state index is -4.30. The SMILES string of the molecule is CCOP(=O)(OCC)C1CC1[C@H]1O[C@@H](C)C(OC)[C@H]1OP(=O)(O)OC(C)C. The van der Waals surface area contributed by atoms with E-state index in [4.69, 9.17) is 27.6 Å². The first-order valence-electron chi connectivity index (χ1n) is 9.35. The number of hydrogen-bond acceptors (Lipinski definition) is 8. The van der Waals surface area contributed by atoms with Crippen molar-refractivity contribution in [3.05, 3.63) is 0 Å². The fourth-order valence-corrected chi connectivity index (χ4v) is 7.05. The summed E-state index contributed by atoms with van der Waals surface area (Å²) < 4.78 is 58.1. The van der Waals surface area contributed by atoms with Gasteiger partial charge >= 0.3 is 15.4 Å². The Balaban J connectivity index is 2.17. The van der Waals surface area contributed by atoms with E-state index in [2.05, 4.69) is 0 Å². The topological polar surface area (TPSA) is 110 Å². The summed E-state index contributed by atoms with van der Waals surface area (Å²) in [5.74, 6) is -0.180. The predicted molar refractivity (Wildman–Crippen MR) is 98.8 cm³/mol. The first kappa shape index (κ1) is 23.5. The molecule has 2 fully saturated rings. The second-order valence-corrected chi connectivity index (χ2v) is 10.7. The van der Waals surface area contributed by atoms with Gasteiger partial charge in [0.15, 0.2) is 0 Å². The Bertz CT molecular complexity index is 574. The molecular weight excluding hydrogens is 398 g/mol. The summed E-state index contributed by atoms with van der Waals surface area (Å²) in [5.41, 5.74) is -0.333. The van der Waals surface area contributed by atoms with E-state index < -0.39 is 39.8 Å². The average Bonchev–Trinajstić information content (AvgIpc) is 3.27. The molecule has 7 atom stereocenters. The van der Waals surface area contributed by atoms with E-state index in [-0.39, 0.29) is 30.9 Å². The Morgan fingerprint density at radius 2 is 1.74 bits per heavy atom. The molecule has 2 aliphatic rings. The molecule has 160 valence electrons. The molecule has 0 aromatic heterocycles. The molecule has 0 aromatic rings. The van der Waals surface area contributed by atoms with Gasteiger partial charge < -0.3 is 23.4 Å². The maximum absolute atomic E-state index is 13.0. The summed E-state index contributed by atoms with van der Waals surface area (Å²) in [6.45, 7) is 9.16. The van der Waals surface area contributed by atoms with Crippen LogP contribution in [0.5, 0.6) is 0 Å². The van der Waals surface area contributed by atoms with Crippen molar-refractivity contribution < 1.29 is 41.6 Å². The highest BCUT2D eigenvalue weighted by Crippen LogP contribution is 2.67.